The molecule has 0 amide bonds. The van der Waals surface area contributed by atoms with E-state index in [0.717, 1.165) is 42.7 Å². The lowest BCUT2D eigenvalue weighted by molar-refractivity contribution is 0.0734. The van der Waals surface area contributed by atoms with Crippen molar-refractivity contribution in [1.82, 2.24) is 0 Å². The van der Waals surface area contributed by atoms with Gasteiger partial charge in [-0.15, -0.1) is 0 Å². The Morgan fingerprint density at radius 1 is 0.675 bits per heavy atom. The van der Waals surface area contributed by atoms with E-state index >= 15 is 0 Å². The highest BCUT2D eigenvalue weighted by atomic mass is 16.7. The van der Waals surface area contributed by atoms with Crippen LogP contribution in [0.3, 0.4) is 0 Å². The summed E-state index contributed by atoms with van der Waals surface area (Å²) in [5.41, 5.74) is 3.91. The van der Waals surface area contributed by atoms with E-state index < -0.39 is 12.1 Å². The van der Waals surface area contributed by atoms with Crippen LogP contribution in [0.25, 0.3) is 11.1 Å². The molecule has 40 heavy (non-hydrogen) atoms. The Bertz CT molecular complexity index is 1150. The summed E-state index contributed by atoms with van der Waals surface area (Å²) in [4.78, 5) is 24.5. The Hall–Kier alpha value is -3.60. The standard InChI is InChI=1S/C35H44O5/c1-4-6-7-8-9-10-11-26-38-35(37)40-33-24-20-31(21-25-33)34(36)39-32-22-18-30(19-23-32)29-16-14-28(15-17-29)13-12-27(3)5-2/h14-25,27H,4-13,26H2,1-3H3/t27-/m0/s1. The average Bonchev–Trinajstić information content (AvgIpc) is 2.98. The van der Waals surface area contributed by atoms with Crippen LogP contribution in [0.5, 0.6) is 11.5 Å². The van der Waals surface area contributed by atoms with Gasteiger partial charge in [-0.25, -0.2) is 9.59 Å². The number of carbonyl (C=O) groups excluding carboxylic acids is 2. The second kappa shape index (κ2) is 17.2. The molecular formula is C35H44O5. The van der Waals surface area contributed by atoms with Crippen LogP contribution in [0.1, 0.15) is 94.5 Å². The van der Waals surface area contributed by atoms with Crippen LogP contribution < -0.4 is 9.47 Å². The SMILES string of the molecule is CCCCCCCCCOC(=O)Oc1ccc(C(=O)Oc2ccc(-c3ccc(CC[C@@H](C)CC)cc3)cc2)cc1. The molecule has 1 atom stereocenters. The first-order chi connectivity index (χ1) is 19.5. The minimum absolute atomic E-state index is 0.316. The molecule has 214 valence electrons. The smallest absolute Gasteiger partial charge is 0.434 e. The molecule has 0 radical (unpaired) electrons. The molecule has 5 nitrogen and oxygen atoms in total. The molecule has 3 aromatic rings. The normalized spacial score (nSPS) is 11.6. The highest BCUT2D eigenvalue weighted by Gasteiger charge is 2.11. The van der Waals surface area contributed by atoms with Crippen LogP contribution in [0.4, 0.5) is 4.79 Å². The number of carbonyl (C=O) groups is 2. The molecule has 3 rings (SSSR count). The van der Waals surface area contributed by atoms with E-state index in [1.54, 1.807) is 36.4 Å². The minimum atomic E-state index is -0.734. The summed E-state index contributed by atoms with van der Waals surface area (Å²) in [5, 5.41) is 0. The fourth-order valence-electron chi connectivity index (χ4n) is 4.36. The Kier molecular flexibility index (Phi) is 13.3. The largest absolute Gasteiger partial charge is 0.513 e. The molecule has 3 aromatic carbocycles. The van der Waals surface area contributed by atoms with Gasteiger partial charge in [0.2, 0.25) is 0 Å². The highest BCUT2D eigenvalue weighted by molar-refractivity contribution is 5.91. The van der Waals surface area contributed by atoms with Crippen molar-refractivity contribution < 1.29 is 23.8 Å². The quantitative estimate of drug-likeness (QED) is 0.0777. The maximum Gasteiger partial charge on any atom is 0.513 e. The molecule has 0 aliphatic rings. The van der Waals surface area contributed by atoms with Gasteiger partial charge in [-0.05, 0) is 78.3 Å². The zero-order valence-electron chi connectivity index (χ0n) is 24.3. The topological polar surface area (TPSA) is 61.8 Å². The summed E-state index contributed by atoms with van der Waals surface area (Å²) < 4.78 is 15.9. The van der Waals surface area contributed by atoms with Gasteiger partial charge in [0.05, 0.1) is 12.2 Å². The van der Waals surface area contributed by atoms with E-state index in [0.29, 0.717) is 23.7 Å². The van der Waals surface area contributed by atoms with Crippen LogP contribution in [-0.4, -0.2) is 18.7 Å². The van der Waals surface area contributed by atoms with Crippen LogP contribution in [0.15, 0.2) is 72.8 Å². The molecule has 0 unspecified atom stereocenters. The third-order valence-electron chi connectivity index (χ3n) is 7.23. The summed E-state index contributed by atoms with van der Waals surface area (Å²) in [5.74, 6) is 1.05. The van der Waals surface area contributed by atoms with Gasteiger partial charge in [-0.3, -0.25) is 0 Å². The van der Waals surface area contributed by atoms with Crippen molar-refractivity contribution in [2.45, 2.75) is 85.0 Å². The van der Waals surface area contributed by atoms with Crippen molar-refractivity contribution in [3.63, 3.8) is 0 Å². The molecule has 0 fully saturated rings. The van der Waals surface area contributed by atoms with E-state index in [2.05, 4.69) is 45.0 Å². The third kappa shape index (κ3) is 10.9. The lowest BCUT2D eigenvalue weighted by atomic mass is 9.97. The molecule has 0 saturated carbocycles. The second-order valence-electron chi connectivity index (χ2n) is 10.5. The van der Waals surface area contributed by atoms with E-state index in [4.69, 9.17) is 14.2 Å². The summed E-state index contributed by atoms with van der Waals surface area (Å²) >= 11 is 0. The van der Waals surface area contributed by atoms with Gasteiger partial charge in [-0.2, -0.15) is 0 Å². The van der Waals surface area contributed by atoms with E-state index in [1.807, 2.05) is 12.1 Å². The lowest BCUT2D eigenvalue weighted by Crippen LogP contribution is -2.12. The molecule has 0 aliphatic carbocycles. The fourth-order valence-corrected chi connectivity index (χ4v) is 4.36. The number of rotatable bonds is 16. The van der Waals surface area contributed by atoms with Crippen LogP contribution in [0, 0.1) is 5.92 Å². The first kappa shape index (κ1) is 30.9. The maximum atomic E-state index is 12.6. The monoisotopic (exact) mass is 544 g/mol. The van der Waals surface area contributed by atoms with Gasteiger partial charge in [0, 0.05) is 0 Å². The van der Waals surface area contributed by atoms with E-state index in [-0.39, 0.29) is 0 Å². The van der Waals surface area contributed by atoms with Gasteiger partial charge >= 0.3 is 12.1 Å². The van der Waals surface area contributed by atoms with Gasteiger partial charge in [0.15, 0.2) is 0 Å². The zero-order valence-corrected chi connectivity index (χ0v) is 24.3. The average molecular weight is 545 g/mol. The Labute approximate surface area is 239 Å². The number of hydrogen-bond acceptors (Lipinski definition) is 5. The van der Waals surface area contributed by atoms with Crippen molar-refractivity contribution in [2.24, 2.45) is 5.92 Å². The molecule has 0 N–H and O–H groups in total. The fraction of sp³-hybridized carbons (Fsp3) is 0.429. The molecule has 0 bridgehead atoms. The van der Waals surface area contributed by atoms with Crippen LogP contribution >= 0.6 is 0 Å². The van der Waals surface area contributed by atoms with Crippen molar-refractivity contribution in [3.8, 4) is 22.6 Å². The van der Waals surface area contributed by atoms with Crippen molar-refractivity contribution in [1.29, 1.82) is 0 Å². The summed E-state index contributed by atoms with van der Waals surface area (Å²) in [7, 11) is 0. The van der Waals surface area contributed by atoms with Gasteiger partial charge in [0.1, 0.15) is 11.5 Å². The third-order valence-corrected chi connectivity index (χ3v) is 7.23. The Morgan fingerprint density at radius 3 is 1.85 bits per heavy atom. The molecule has 0 spiro atoms. The van der Waals surface area contributed by atoms with Crippen LogP contribution in [0.2, 0.25) is 0 Å². The van der Waals surface area contributed by atoms with Gasteiger partial charge < -0.3 is 14.2 Å². The van der Waals surface area contributed by atoms with Crippen molar-refractivity contribution in [2.75, 3.05) is 6.61 Å². The molecule has 0 heterocycles. The molecule has 5 heteroatoms. The Balaban J connectivity index is 1.41. The van der Waals surface area contributed by atoms with E-state index in [9.17, 15) is 9.59 Å². The van der Waals surface area contributed by atoms with Crippen molar-refractivity contribution >= 4 is 12.1 Å². The first-order valence-corrected chi connectivity index (χ1v) is 14.8. The molecule has 0 aromatic heterocycles. The number of aryl methyl sites for hydroxylation is 1. The molecule has 0 aliphatic heterocycles. The Morgan fingerprint density at radius 2 is 1.23 bits per heavy atom. The van der Waals surface area contributed by atoms with E-state index in [1.165, 1.54) is 44.1 Å². The number of ether oxygens (including phenoxy) is 3. The summed E-state index contributed by atoms with van der Waals surface area (Å²) in [6.45, 7) is 7.08. The zero-order chi connectivity index (χ0) is 28.6. The predicted molar refractivity (Wildman–Crippen MR) is 161 cm³/mol. The highest BCUT2D eigenvalue weighted by Crippen LogP contribution is 2.24. The second-order valence-corrected chi connectivity index (χ2v) is 10.5. The number of unbranched alkanes of at least 4 members (excludes halogenated alkanes) is 6. The first-order valence-electron chi connectivity index (χ1n) is 14.8. The number of esters is 1. The number of benzene rings is 3. The number of hydrogen-bond donors (Lipinski definition) is 0. The maximum absolute atomic E-state index is 12.6. The van der Waals surface area contributed by atoms with Gasteiger partial charge in [-0.1, -0.05) is 102 Å². The molecular weight excluding hydrogens is 500 g/mol. The predicted octanol–water partition coefficient (Wildman–Crippen LogP) is 9.82. The lowest BCUT2D eigenvalue weighted by Gasteiger charge is -2.09. The molecule has 0 saturated heterocycles. The minimum Gasteiger partial charge on any atom is -0.434 e. The summed E-state index contributed by atoms with van der Waals surface area (Å²) in [6, 6.07) is 22.4. The summed E-state index contributed by atoms with van der Waals surface area (Å²) in [6.07, 6.45) is 10.8. The van der Waals surface area contributed by atoms with Crippen molar-refractivity contribution in [3.05, 3.63) is 83.9 Å². The van der Waals surface area contributed by atoms with Crippen LogP contribution in [-0.2, 0) is 11.2 Å². The van der Waals surface area contributed by atoms with Gasteiger partial charge in [0.25, 0.3) is 0 Å².